The molecule has 122 valence electrons. The molecule has 0 aliphatic carbocycles. The maximum Gasteiger partial charge on any atom is 0.416 e. The number of carbonyl (C=O) groups is 1. The van der Waals surface area contributed by atoms with Gasteiger partial charge in [0, 0.05) is 5.69 Å². The van der Waals surface area contributed by atoms with E-state index in [4.69, 9.17) is 0 Å². The number of likely N-dealkylation sites (tertiary alicyclic amines) is 1. The summed E-state index contributed by atoms with van der Waals surface area (Å²) in [6.45, 7) is 2.90. The van der Waals surface area contributed by atoms with Crippen molar-refractivity contribution in [3.05, 3.63) is 29.8 Å². The van der Waals surface area contributed by atoms with Gasteiger partial charge in [-0.25, -0.2) is 0 Å². The van der Waals surface area contributed by atoms with E-state index in [-0.39, 0.29) is 11.6 Å². The Kier molecular flexibility index (Phi) is 5.83. The second kappa shape index (κ2) is 7.63. The first kappa shape index (κ1) is 16.8. The summed E-state index contributed by atoms with van der Waals surface area (Å²) in [5, 5.41) is 2.56. The molecule has 1 amide bonds. The average Bonchev–Trinajstić information content (AvgIpc) is 2.73. The van der Waals surface area contributed by atoms with Crippen molar-refractivity contribution in [2.24, 2.45) is 0 Å². The minimum absolute atomic E-state index is 0.200. The lowest BCUT2D eigenvalue weighted by Crippen LogP contribution is -3.12. The third-order valence-electron chi connectivity index (χ3n) is 3.99. The molecule has 1 aromatic rings. The maximum atomic E-state index is 12.6. The minimum Gasteiger partial charge on any atom is -0.335 e. The van der Waals surface area contributed by atoms with E-state index >= 15 is 0 Å². The van der Waals surface area contributed by atoms with E-state index in [9.17, 15) is 18.0 Å². The molecule has 1 aromatic carbocycles. The summed E-state index contributed by atoms with van der Waals surface area (Å²) >= 11 is 0. The van der Waals surface area contributed by atoms with Crippen LogP contribution in [0.25, 0.3) is 0 Å². The van der Waals surface area contributed by atoms with Gasteiger partial charge >= 0.3 is 6.18 Å². The fourth-order valence-electron chi connectivity index (χ4n) is 2.77. The van der Waals surface area contributed by atoms with Gasteiger partial charge in [0.25, 0.3) is 0 Å². The highest BCUT2D eigenvalue weighted by molar-refractivity contribution is 5.90. The summed E-state index contributed by atoms with van der Waals surface area (Å²) < 4.78 is 37.9. The number of amides is 1. The first-order valence-electron chi connectivity index (χ1n) is 7.76. The normalized spacial score (nSPS) is 17.0. The predicted octanol–water partition coefficient (Wildman–Crippen LogP) is 2.49. The van der Waals surface area contributed by atoms with Crippen molar-refractivity contribution in [2.45, 2.75) is 38.3 Å². The number of hydrogen-bond acceptors (Lipinski definition) is 1. The van der Waals surface area contributed by atoms with Gasteiger partial charge in [0.2, 0.25) is 5.91 Å². The van der Waals surface area contributed by atoms with Crippen LogP contribution >= 0.6 is 0 Å². The number of rotatable bonds is 4. The van der Waals surface area contributed by atoms with Crippen molar-refractivity contribution in [1.82, 2.24) is 0 Å². The number of nitrogens with one attached hydrogen (secondary N) is 2. The molecule has 1 fully saturated rings. The third kappa shape index (κ3) is 5.33. The van der Waals surface area contributed by atoms with Crippen molar-refractivity contribution < 1.29 is 22.9 Å². The quantitative estimate of drug-likeness (QED) is 0.879. The van der Waals surface area contributed by atoms with Crippen LogP contribution in [0.15, 0.2) is 24.3 Å². The van der Waals surface area contributed by atoms with Crippen molar-refractivity contribution in [1.29, 1.82) is 0 Å². The SMILES string of the molecule is O=C(CC[NH+]1CCCCCC1)Nc1cccc(C(F)(F)F)c1. The summed E-state index contributed by atoms with van der Waals surface area (Å²) in [6, 6.07) is 4.75. The van der Waals surface area contributed by atoms with E-state index in [1.165, 1.54) is 42.7 Å². The van der Waals surface area contributed by atoms with E-state index in [0.717, 1.165) is 31.8 Å². The van der Waals surface area contributed by atoms with Crippen LogP contribution in [0.1, 0.15) is 37.7 Å². The molecule has 2 rings (SSSR count). The van der Waals surface area contributed by atoms with Crippen LogP contribution in [0.5, 0.6) is 0 Å². The highest BCUT2D eigenvalue weighted by atomic mass is 19.4. The van der Waals surface area contributed by atoms with Crippen LogP contribution in [0.3, 0.4) is 0 Å². The summed E-state index contributed by atoms with van der Waals surface area (Å²) in [5.41, 5.74) is -0.547. The highest BCUT2D eigenvalue weighted by Crippen LogP contribution is 2.30. The minimum atomic E-state index is -4.39. The number of carbonyl (C=O) groups excluding carboxylic acids is 1. The van der Waals surface area contributed by atoms with Crippen LogP contribution in [0.2, 0.25) is 0 Å². The topological polar surface area (TPSA) is 33.5 Å². The number of alkyl halides is 3. The van der Waals surface area contributed by atoms with Crippen LogP contribution < -0.4 is 10.2 Å². The molecule has 1 aliphatic heterocycles. The zero-order chi connectivity index (χ0) is 16.0. The zero-order valence-electron chi connectivity index (χ0n) is 12.5. The van der Waals surface area contributed by atoms with Crippen LogP contribution in [-0.4, -0.2) is 25.5 Å². The van der Waals surface area contributed by atoms with Crippen molar-refractivity contribution in [3.63, 3.8) is 0 Å². The largest absolute Gasteiger partial charge is 0.416 e. The predicted molar refractivity (Wildman–Crippen MR) is 78.7 cm³/mol. The molecule has 2 N–H and O–H groups in total. The van der Waals surface area contributed by atoms with Gasteiger partial charge < -0.3 is 10.2 Å². The molecule has 22 heavy (non-hydrogen) atoms. The lowest BCUT2D eigenvalue weighted by Gasteiger charge is -2.16. The Hall–Kier alpha value is -1.56. The first-order chi connectivity index (χ1) is 10.4. The standard InChI is InChI=1S/C16H21F3N2O/c17-16(18,19)13-6-5-7-14(12-13)20-15(22)8-11-21-9-3-1-2-4-10-21/h5-7,12H,1-4,8-11H2,(H,20,22)/p+1. The number of anilines is 1. The fraction of sp³-hybridized carbons (Fsp3) is 0.562. The smallest absolute Gasteiger partial charge is 0.335 e. The summed E-state index contributed by atoms with van der Waals surface area (Å²) in [6.07, 6.45) is 0.817. The van der Waals surface area contributed by atoms with E-state index < -0.39 is 11.7 Å². The van der Waals surface area contributed by atoms with Crippen molar-refractivity contribution in [2.75, 3.05) is 25.0 Å². The van der Waals surface area contributed by atoms with E-state index in [2.05, 4.69) is 5.32 Å². The fourth-order valence-corrected chi connectivity index (χ4v) is 2.77. The van der Waals surface area contributed by atoms with Gasteiger partial charge in [0.15, 0.2) is 0 Å². The Labute approximate surface area is 128 Å². The van der Waals surface area contributed by atoms with Crippen LogP contribution in [0, 0.1) is 0 Å². The molecule has 0 radical (unpaired) electrons. The molecule has 1 heterocycles. The molecular formula is C16H22F3N2O+. The molecule has 0 saturated carbocycles. The van der Waals surface area contributed by atoms with Crippen molar-refractivity contribution in [3.8, 4) is 0 Å². The lowest BCUT2D eigenvalue weighted by atomic mass is 10.2. The molecule has 1 aliphatic rings. The molecule has 0 aromatic heterocycles. The molecule has 1 saturated heterocycles. The number of benzene rings is 1. The van der Waals surface area contributed by atoms with Gasteiger partial charge in [-0.2, -0.15) is 13.2 Å². The van der Waals surface area contributed by atoms with Gasteiger partial charge in [-0.05, 0) is 43.9 Å². The lowest BCUT2D eigenvalue weighted by molar-refractivity contribution is -0.898. The second-order valence-electron chi connectivity index (χ2n) is 5.79. The van der Waals surface area contributed by atoms with Crippen LogP contribution in [0.4, 0.5) is 18.9 Å². The van der Waals surface area contributed by atoms with Crippen molar-refractivity contribution >= 4 is 11.6 Å². The Morgan fingerprint density at radius 1 is 1.14 bits per heavy atom. The van der Waals surface area contributed by atoms with Gasteiger partial charge in [0.05, 0.1) is 31.6 Å². The molecule has 0 bridgehead atoms. The maximum absolute atomic E-state index is 12.6. The van der Waals surface area contributed by atoms with Gasteiger partial charge in [-0.3, -0.25) is 4.79 Å². The monoisotopic (exact) mass is 315 g/mol. The summed E-state index contributed by atoms with van der Waals surface area (Å²) in [7, 11) is 0. The second-order valence-corrected chi connectivity index (χ2v) is 5.79. The molecule has 0 atom stereocenters. The average molecular weight is 315 g/mol. The number of halogens is 3. The van der Waals surface area contributed by atoms with E-state index in [0.29, 0.717) is 6.42 Å². The van der Waals surface area contributed by atoms with Gasteiger partial charge in [-0.1, -0.05) is 6.07 Å². The van der Waals surface area contributed by atoms with E-state index in [1.54, 1.807) is 0 Å². The summed E-state index contributed by atoms with van der Waals surface area (Å²) in [5.74, 6) is -0.226. The Morgan fingerprint density at radius 3 is 2.45 bits per heavy atom. The number of hydrogen-bond donors (Lipinski definition) is 2. The highest BCUT2D eigenvalue weighted by Gasteiger charge is 2.30. The van der Waals surface area contributed by atoms with E-state index in [1.807, 2.05) is 0 Å². The summed E-state index contributed by atoms with van der Waals surface area (Å²) in [4.78, 5) is 13.3. The van der Waals surface area contributed by atoms with Crippen LogP contribution in [-0.2, 0) is 11.0 Å². The third-order valence-corrected chi connectivity index (χ3v) is 3.99. The molecule has 3 nitrogen and oxygen atoms in total. The molecule has 6 heteroatoms. The Balaban J connectivity index is 1.84. The Bertz CT molecular complexity index is 494. The number of quaternary nitrogens is 1. The zero-order valence-corrected chi connectivity index (χ0v) is 12.5. The molecule has 0 spiro atoms. The van der Waals surface area contributed by atoms with Gasteiger partial charge in [0.1, 0.15) is 0 Å². The first-order valence-corrected chi connectivity index (χ1v) is 7.76. The molecule has 0 unspecified atom stereocenters. The Morgan fingerprint density at radius 2 is 1.82 bits per heavy atom. The van der Waals surface area contributed by atoms with Gasteiger partial charge in [-0.15, -0.1) is 0 Å². The molecular weight excluding hydrogens is 293 g/mol.